The second-order valence-electron chi connectivity index (χ2n) is 7.52. The summed E-state index contributed by atoms with van der Waals surface area (Å²) < 4.78 is 17.5. The van der Waals surface area contributed by atoms with Gasteiger partial charge in [0.25, 0.3) is 0 Å². The smallest absolute Gasteiger partial charge is 0.125 e. The van der Waals surface area contributed by atoms with E-state index in [0.29, 0.717) is 26.4 Å². The summed E-state index contributed by atoms with van der Waals surface area (Å²) in [6.07, 6.45) is 5.59. The Bertz CT molecular complexity index is 833. The minimum Gasteiger partial charge on any atom is -0.493 e. The van der Waals surface area contributed by atoms with Gasteiger partial charge in [-0.2, -0.15) is 0 Å². The van der Waals surface area contributed by atoms with E-state index in [-0.39, 0.29) is 0 Å². The Hall–Kier alpha value is -2.79. The number of ether oxygens (including phenoxy) is 3. The molecular formula is C26H35NO4. The third-order valence-electron chi connectivity index (χ3n) is 4.69. The fourth-order valence-corrected chi connectivity index (χ4v) is 3.22. The van der Waals surface area contributed by atoms with Crippen LogP contribution < -0.4 is 9.47 Å². The molecule has 2 aromatic rings. The zero-order valence-electron chi connectivity index (χ0n) is 19.4. The molecule has 5 nitrogen and oxygen atoms in total. The van der Waals surface area contributed by atoms with Crippen molar-refractivity contribution in [1.82, 2.24) is 0 Å². The van der Waals surface area contributed by atoms with E-state index in [1.54, 1.807) is 7.11 Å². The molecule has 0 heterocycles. The lowest BCUT2D eigenvalue weighted by atomic mass is 10.1. The molecule has 0 N–H and O–H groups in total. The number of hydrogen-bond acceptors (Lipinski definition) is 5. The summed E-state index contributed by atoms with van der Waals surface area (Å²) in [5.41, 5.74) is 5.49. The van der Waals surface area contributed by atoms with Gasteiger partial charge in [0.05, 0.1) is 25.5 Å². The van der Waals surface area contributed by atoms with Gasteiger partial charge in [0.2, 0.25) is 0 Å². The van der Waals surface area contributed by atoms with Gasteiger partial charge in [-0.05, 0) is 62.1 Å². The first-order valence-corrected chi connectivity index (χ1v) is 10.7. The standard InChI is InChI=1S/C26H35NO4/c1-6-7-14-30-25-16-20(2)26(21(3)17-25)31-15-8-13-29-19-24-11-9-23(10-12-24)18-22(4)27-28-5/h6-7,9-12,16-17H,8,13-15,18-19H2,1-5H3/b7-6+,27-22+. The lowest BCUT2D eigenvalue weighted by molar-refractivity contribution is 0.107. The summed E-state index contributed by atoms with van der Waals surface area (Å²) in [4.78, 5) is 4.80. The van der Waals surface area contributed by atoms with Crippen molar-refractivity contribution in [3.05, 3.63) is 70.8 Å². The SMILES string of the molecule is C/C=C/COc1cc(C)c(OCCCOCc2ccc(C/C(C)=N/OC)cc2)c(C)c1. The Morgan fingerprint density at radius 2 is 1.65 bits per heavy atom. The summed E-state index contributed by atoms with van der Waals surface area (Å²) in [5, 5.41) is 3.94. The van der Waals surface area contributed by atoms with E-state index < -0.39 is 0 Å². The van der Waals surface area contributed by atoms with E-state index in [0.717, 1.165) is 46.7 Å². The van der Waals surface area contributed by atoms with Crippen molar-refractivity contribution < 1.29 is 19.0 Å². The third kappa shape index (κ3) is 8.85. The molecule has 0 fully saturated rings. The number of aryl methyl sites for hydroxylation is 2. The van der Waals surface area contributed by atoms with Crippen LogP contribution in [-0.4, -0.2) is 32.6 Å². The molecule has 0 bridgehead atoms. The van der Waals surface area contributed by atoms with Crippen LogP contribution in [0.2, 0.25) is 0 Å². The highest BCUT2D eigenvalue weighted by Gasteiger charge is 2.07. The van der Waals surface area contributed by atoms with Crippen LogP contribution >= 0.6 is 0 Å². The first kappa shape index (κ1) is 24.5. The first-order valence-electron chi connectivity index (χ1n) is 10.7. The molecule has 0 amide bonds. The third-order valence-corrected chi connectivity index (χ3v) is 4.69. The van der Waals surface area contributed by atoms with Crippen LogP contribution in [0.15, 0.2) is 53.7 Å². The van der Waals surface area contributed by atoms with Crippen LogP contribution in [0.25, 0.3) is 0 Å². The molecule has 0 radical (unpaired) electrons. The average molecular weight is 426 g/mol. The van der Waals surface area contributed by atoms with Crippen LogP contribution in [0.1, 0.15) is 42.5 Å². The molecular weight excluding hydrogens is 390 g/mol. The number of oxime groups is 1. The predicted octanol–water partition coefficient (Wildman–Crippen LogP) is 5.81. The van der Waals surface area contributed by atoms with Gasteiger partial charge in [0, 0.05) is 12.8 Å². The fourth-order valence-electron chi connectivity index (χ4n) is 3.22. The van der Waals surface area contributed by atoms with Crippen LogP contribution in [-0.2, 0) is 22.6 Å². The molecule has 168 valence electrons. The highest BCUT2D eigenvalue weighted by Crippen LogP contribution is 2.28. The van der Waals surface area contributed by atoms with E-state index in [1.807, 2.05) is 52.0 Å². The van der Waals surface area contributed by atoms with Crippen LogP contribution in [0.4, 0.5) is 0 Å². The minimum atomic E-state index is 0.581. The molecule has 0 unspecified atom stereocenters. The Labute approximate surface area is 186 Å². The van der Waals surface area contributed by atoms with Gasteiger partial charge in [-0.1, -0.05) is 41.6 Å². The van der Waals surface area contributed by atoms with Crippen molar-refractivity contribution in [3.63, 3.8) is 0 Å². The summed E-state index contributed by atoms with van der Waals surface area (Å²) in [7, 11) is 1.56. The van der Waals surface area contributed by atoms with Crippen molar-refractivity contribution in [3.8, 4) is 11.5 Å². The Kier molecular flexibility index (Phi) is 10.7. The zero-order chi connectivity index (χ0) is 22.5. The molecule has 0 atom stereocenters. The molecule has 31 heavy (non-hydrogen) atoms. The highest BCUT2D eigenvalue weighted by atomic mass is 16.6. The van der Waals surface area contributed by atoms with Crippen LogP contribution in [0, 0.1) is 13.8 Å². The lowest BCUT2D eigenvalue weighted by Gasteiger charge is -2.14. The molecule has 0 aliphatic rings. The van der Waals surface area contributed by atoms with Gasteiger partial charge in [-0.25, -0.2) is 0 Å². The van der Waals surface area contributed by atoms with Gasteiger partial charge < -0.3 is 19.0 Å². The second-order valence-corrected chi connectivity index (χ2v) is 7.52. The largest absolute Gasteiger partial charge is 0.493 e. The van der Waals surface area contributed by atoms with Crippen LogP contribution in [0.3, 0.4) is 0 Å². The number of rotatable bonds is 13. The van der Waals surface area contributed by atoms with E-state index >= 15 is 0 Å². The van der Waals surface area contributed by atoms with Crippen LogP contribution in [0.5, 0.6) is 11.5 Å². The summed E-state index contributed by atoms with van der Waals surface area (Å²) in [6.45, 7) is 10.5. The Balaban J connectivity index is 1.70. The summed E-state index contributed by atoms with van der Waals surface area (Å²) in [5.74, 6) is 1.80. The number of allylic oxidation sites excluding steroid dienone is 1. The van der Waals surface area contributed by atoms with Gasteiger partial charge in [-0.3, -0.25) is 0 Å². The topological polar surface area (TPSA) is 49.3 Å². The van der Waals surface area contributed by atoms with Crippen molar-refractivity contribution in [2.75, 3.05) is 26.9 Å². The van der Waals surface area contributed by atoms with Gasteiger partial charge in [0.1, 0.15) is 25.2 Å². The van der Waals surface area contributed by atoms with E-state index in [1.165, 1.54) is 5.56 Å². The van der Waals surface area contributed by atoms with Crippen molar-refractivity contribution in [2.45, 2.75) is 47.1 Å². The van der Waals surface area contributed by atoms with Crippen molar-refractivity contribution in [1.29, 1.82) is 0 Å². The summed E-state index contributed by atoms with van der Waals surface area (Å²) >= 11 is 0. The second kappa shape index (κ2) is 13.5. The highest BCUT2D eigenvalue weighted by molar-refractivity contribution is 5.83. The molecule has 0 saturated heterocycles. The van der Waals surface area contributed by atoms with Gasteiger partial charge in [-0.15, -0.1) is 0 Å². The molecule has 2 rings (SSSR count). The summed E-state index contributed by atoms with van der Waals surface area (Å²) in [6, 6.07) is 12.4. The number of hydrogen-bond donors (Lipinski definition) is 0. The maximum atomic E-state index is 6.00. The van der Waals surface area contributed by atoms with E-state index in [4.69, 9.17) is 19.0 Å². The molecule has 0 spiro atoms. The molecule has 0 aliphatic heterocycles. The maximum Gasteiger partial charge on any atom is 0.125 e. The maximum absolute atomic E-state index is 6.00. The van der Waals surface area contributed by atoms with Gasteiger partial charge in [0.15, 0.2) is 0 Å². The molecule has 2 aromatic carbocycles. The predicted molar refractivity (Wildman–Crippen MR) is 126 cm³/mol. The number of benzene rings is 2. The first-order chi connectivity index (χ1) is 15.0. The molecule has 0 saturated carbocycles. The lowest BCUT2D eigenvalue weighted by Crippen LogP contribution is -2.05. The fraction of sp³-hybridized carbons (Fsp3) is 0.423. The normalized spacial score (nSPS) is 11.7. The quantitative estimate of drug-likeness (QED) is 0.176. The van der Waals surface area contributed by atoms with Gasteiger partial charge >= 0.3 is 0 Å². The van der Waals surface area contributed by atoms with Crippen molar-refractivity contribution >= 4 is 5.71 Å². The monoisotopic (exact) mass is 425 g/mol. The minimum absolute atomic E-state index is 0.581. The average Bonchev–Trinajstić information content (AvgIpc) is 2.73. The molecule has 0 aromatic heterocycles. The molecule has 5 heteroatoms. The van der Waals surface area contributed by atoms with E-state index in [9.17, 15) is 0 Å². The zero-order valence-corrected chi connectivity index (χ0v) is 19.4. The van der Waals surface area contributed by atoms with Crippen molar-refractivity contribution in [2.24, 2.45) is 5.16 Å². The van der Waals surface area contributed by atoms with E-state index in [2.05, 4.69) is 29.4 Å². The Morgan fingerprint density at radius 1 is 0.968 bits per heavy atom. The Morgan fingerprint density at radius 3 is 2.29 bits per heavy atom. The number of nitrogens with zero attached hydrogens (tertiary/aromatic N) is 1. The molecule has 0 aliphatic carbocycles.